The van der Waals surface area contributed by atoms with Crippen molar-refractivity contribution in [2.24, 2.45) is 0 Å². The zero-order chi connectivity index (χ0) is 12.9. The molecule has 1 aliphatic carbocycles. The Hall–Kier alpha value is -1.77. The molecule has 3 rings (SSSR count). The van der Waals surface area contributed by atoms with Crippen LogP contribution in [0.15, 0.2) is 18.2 Å². The third kappa shape index (κ3) is 1.70. The fourth-order valence-corrected chi connectivity index (χ4v) is 2.54. The highest BCUT2D eigenvalue weighted by Crippen LogP contribution is 2.41. The second-order valence-corrected chi connectivity index (χ2v) is 5.31. The summed E-state index contributed by atoms with van der Waals surface area (Å²) in [6.45, 7) is 6.26. The van der Waals surface area contributed by atoms with Crippen molar-refractivity contribution in [3.05, 3.63) is 35.2 Å². The fourth-order valence-electron chi connectivity index (χ4n) is 2.54. The van der Waals surface area contributed by atoms with Crippen LogP contribution in [-0.2, 0) is 0 Å². The molecule has 18 heavy (non-hydrogen) atoms. The van der Waals surface area contributed by atoms with Crippen molar-refractivity contribution < 1.29 is 0 Å². The van der Waals surface area contributed by atoms with Gasteiger partial charge in [-0.3, -0.25) is 0 Å². The van der Waals surface area contributed by atoms with Gasteiger partial charge in [-0.05, 0) is 45.2 Å². The second kappa shape index (κ2) is 3.87. The lowest BCUT2D eigenvalue weighted by Crippen LogP contribution is -2.02. The summed E-state index contributed by atoms with van der Waals surface area (Å²) in [5.41, 5.74) is 10.9. The van der Waals surface area contributed by atoms with Crippen LogP contribution < -0.4 is 5.73 Å². The minimum atomic E-state index is 0.580. The van der Waals surface area contributed by atoms with Crippen LogP contribution in [0.5, 0.6) is 0 Å². The van der Waals surface area contributed by atoms with Crippen molar-refractivity contribution >= 4 is 5.82 Å². The normalized spacial score (nSPS) is 15.1. The van der Waals surface area contributed by atoms with Crippen LogP contribution in [-0.4, -0.2) is 9.55 Å². The van der Waals surface area contributed by atoms with Gasteiger partial charge in [0.2, 0.25) is 0 Å². The number of hydrogen-bond donors (Lipinski definition) is 1. The number of aromatic nitrogens is 2. The van der Waals surface area contributed by atoms with Crippen LogP contribution in [0.2, 0.25) is 0 Å². The highest BCUT2D eigenvalue weighted by Gasteiger charge is 2.28. The largest absolute Gasteiger partial charge is 0.383 e. The van der Waals surface area contributed by atoms with Gasteiger partial charge < -0.3 is 10.3 Å². The molecular weight excluding hydrogens is 222 g/mol. The lowest BCUT2D eigenvalue weighted by molar-refractivity contribution is 0.720. The Morgan fingerprint density at radius 1 is 1.22 bits per heavy atom. The van der Waals surface area contributed by atoms with E-state index < -0.39 is 0 Å². The summed E-state index contributed by atoms with van der Waals surface area (Å²) in [4.78, 5) is 4.68. The maximum Gasteiger partial charge on any atom is 0.131 e. The Morgan fingerprint density at radius 3 is 2.61 bits per heavy atom. The molecule has 2 N–H and O–H groups in total. The lowest BCUT2D eigenvalue weighted by atomic mass is 10.0. The molecule has 1 fully saturated rings. The van der Waals surface area contributed by atoms with E-state index in [4.69, 9.17) is 5.73 Å². The lowest BCUT2D eigenvalue weighted by Gasteiger charge is -2.07. The summed E-state index contributed by atoms with van der Waals surface area (Å²) < 4.78 is 2.19. The zero-order valence-electron chi connectivity index (χ0n) is 11.2. The Bertz CT molecular complexity index is 606. The van der Waals surface area contributed by atoms with Crippen LogP contribution in [0, 0.1) is 20.8 Å². The summed E-state index contributed by atoms with van der Waals surface area (Å²) in [7, 11) is 0. The SMILES string of the molecule is Cc1ccc(C)c(-c2nc(C)n(C3CC3)c2N)c1. The molecule has 1 heterocycles. The standard InChI is InChI=1S/C15H19N3/c1-9-4-5-10(2)13(8-9)14-15(16)18(11(3)17-14)12-6-7-12/h4-5,8,12H,6-7,16H2,1-3H3. The first-order valence-corrected chi connectivity index (χ1v) is 6.50. The molecule has 0 aliphatic heterocycles. The van der Waals surface area contributed by atoms with E-state index in [1.54, 1.807) is 0 Å². The minimum Gasteiger partial charge on any atom is -0.383 e. The predicted octanol–water partition coefficient (Wildman–Crippen LogP) is 3.39. The molecule has 1 aromatic heterocycles. The van der Waals surface area contributed by atoms with Crippen molar-refractivity contribution in [3.8, 4) is 11.3 Å². The summed E-state index contributed by atoms with van der Waals surface area (Å²) >= 11 is 0. The number of rotatable bonds is 2. The molecule has 2 aromatic rings. The molecule has 0 atom stereocenters. The second-order valence-electron chi connectivity index (χ2n) is 5.31. The van der Waals surface area contributed by atoms with Gasteiger partial charge in [0.25, 0.3) is 0 Å². The van der Waals surface area contributed by atoms with Gasteiger partial charge in [0.15, 0.2) is 0 Å². The van der Waals surface area contributed by atoms with E-state index in [-0.39, 0.29) is 0 Å². The molecule has 0 saturated heterocycles. The number of anilines is 1. The fraction of sp³-hybridized carbons (Fsp3) is 0.400. The van der Waals surface area contributed by atoms with Crippen molar-refractivity contribution in [1.29, 1.82) is 0 Å². The highest BCUT2D eigenvalue weighted by molar-refractivity contribution is 5.74. The molecule has 0 spiro atoms. The Balaban J connectivity index is 2.17. The molecule has 0 radical (unpaired) electrons. The van der Waals surface area contributed by atoms with E-state index in [0.717, 1.165) is 22.9 Å². The molecule has 1 aliphatic rings. The summed E-state index contributed by atoms with van der Waals surface area (Å²) in [6, 6.07) is 7.01. The first kappa shape index (κ1) is 11.3. The van der Waals surface area contributed by atoms with Crippen molar-refractivity contribution in [3.63, 3.8) is 0 Å². The number of nitrogen functional groups attached to an aromatic ring is 1. The first-order chi connectivity index (χ1) is 8.58. The van der Waals surface area contributed by atoms with E-state index in [1.807, 2.05) is 6.92 Å². The van der Waals surface area contributed by atoms with Crippen LogP contribution >= 0.6 is 0 Å². The first-order valence-electron chi connectivity index (χ1n) is 6.50. The highest BCUT2D eigenvalue weighted by atomic mass is 15.2. The number of nitrogens with zero attached hydrogens (tertiary/aromatic N) is 2. The summed E-state index contributed by atoms with van der Waals surface area (Å²) in [5, 5.41) is 0. The maximum absolute atomic E-state index is 6.30. The maximum atomic E-state index is 6.30. The molecule has 3 nitrogen and oxygen atoms in total. The van der Waals surface area contributed by atoms with Crippen molar-refractivity contribution in [2.45, 2.75) is 39.7 Å². The number of aryl methyl sites for hydroxylation is 3. The minimum absolute atomic E-state index is 0.580. The molecular formula is C15H19N3. The van der Waals surface area contributed by atoms with Gasteiger partial charge in [0.05, 0.1) is 0 Å². The van der Waals surface area contributed by atoms with E-state index in [0.29, 0.717) is 6.04 Å². The summed E-state index contributed by atoms with van der Waals surface area (Å²) in [5.74, 6) is 1.86. The van der Waals surface area contributed by atoms with Crippen LogP contribution in [0.25, 0.3) is 11.3 Å². The van der Waals surface area contributed by atoms with Gasteiger partial charge in [-0.25, -0.2) is 4.98 Å². The summed E-state index contributed by atoms with van der Waals surface area (Å²) in [6.07, 6.45) is 2.46. The number of nitrogens with two attached hydrogens (primary N) is 1. The Kier molecular flexibility index (Phi) is 2.44. The van der Waals surface area contributed by atoms with E-state index in [9.17, 15) is 0 Å². The Morgan fingerprint density at radius 2 is 1.94 bits per heavy atom. The van der Waals surface area contributed by atoms with Crippen molar-refractivity contribution in [2.75, 3.05) is 5.73 Å². The van der Waals surface area contributed by atoms with Crippen LogP contribution in [0.3, 0.4) is 0 Å². The smallest absolute Gasteiger partial charge is 0.131 e. The van der Waals surface area contributed by atoms with Crippen LogP contribution in [0.4, 0.5) is 5.82 Å². The zero-order valence-corrected chi connectivity index (χ0v) is 11.2. The van der Waals surface area contributed by atoms with E-state index in [1.165, 1.54) is 24.0 Å². The third-order valence-electron chi connectivity index (χ3n) is 3.68. The average molecular weight is 241 g/mol. The van der Waals surface area contributed by atoms with Gasteiger partial charge in [0, 0.05) is 11.6 Å². The average Bonchev–Trinajstić information content (AvgIpc) is 3.10. The molecule has 1 aromatic carbocycles. The predicted molar refractivity (Wildman–Crippen MR) is 74.6 cm³/mol. The molecule has 94 valence electrons. The molecule has 0 amide bonds. The van der Waals surface area contributed by atoms with Gasteiger partial charge in [-0.15, -0.1) is 0 Å². The Labute approximate surface area is 108 Å². The third-order valence-corrected chi connectivity index (χ3v) is 3.68. The monoisotopic (exact) mass is 241 g/mol. The number of hydrogen-bond acceptors (Lipinski definition) is 2. The van der Waals surface area contributed by atoms with Gasteiger partial charge >= 0.3 is 0 Å². The number of benzene rings is 1. The van der Waals surface area contributed by atoms with E-state index >= 15 is 0 Å². The molecule has 0 unspecified atom stereocenters. The van der Waals surface area contributed by atoms with E-state index in [2.05, 4.69) is 41.6 Å². The number of imidazole rings is 1. The van der Waals surface area contributed by atoms with Gasteiger partial charge in [0.1, 0.15) is 17.3 Å². The topological polar surface area (TPSA) is 43.8 Å². The molecule has 3 heteroatoms. The quantitative estimate of drug-likeness (QED) is 0.875. The molecule has 1 saturated carbocycles. The van der Waals surface area contributed by atoms with Gasteiger partial charge in [-0.1, -0.05) is 17.7 Å². The van der Waals surface area contributed by atoms with Crippen LogP contribution in [0.1, 0.15) is 35.8 Å². The van der Waals surface area contributed by atoms with Crippen molar-refractivity contribution in [1.82, 2.24) is 9.55 Å². The van der Waals surface area contributed by atoms with Gasteiger partial charge in [-0.2, -0.15) is 0 Å². The molecule has 0 bridgehead atoms.